The van der Waals surface area contributed by atoms with Gasteiger partial charge in [0.15, 0.2) is 0 Å². The Morgan fingerprint density at radius 2 is 1.83 bits per heavy atom. The first kappa shape index (κ1) is 25.0. The number of likely N-dealkylation sites (tertiary alicyclic amines) is 1. The lowest BCUT2D eigenvalue weighted by atomic mass is 9.97. The first-order valence-corrected chi connectivity index (χ1v) is 11.5. The number of nitrogens with two attached hydrogens (primary N) is 1. The number of carbonyl (C=O) groups is 1. The second-order valence-electron chi connectivity index (χ2n) is 8.47. The third kappa shape index (κ3) is 6.32. The number of hydrogen-bond acceptors (Lipinski definition) is 7. The van der Waals surface area contributed by atoms with E-state index in [9.17, 15) is 18.0 Å². The van der Waals surface area contributed by atoms with Crippen LogP contribution in [0.5, 0.6) is 11.5 Å². The van der Waals surface area contributed by atoms with Crippen molar-refractivity contribution in [2.75, 3.05) is 30.7 Å². The quantitative estimate of drug-likeness (QED) is 0.319. The zero-order chi connectivity index (χ0) is 25.5. The number of nitrogen functional groups attached to an aromatic ring is 1. The van der Waals surface area contributed by atoms with Crippen LogP contribution in [0.25, 0.3) is 11.1 Å². The highest BCUT2D eigenvalue weighted by molar-refractivity contribution is 5.83. The van der Waals surface area contributed by atoms with Gasteiger partial charge in [-0.25, -0.2) is 9.97 Å². The summed E-state index contributed by atoms with van der Waals surface area (Å²) < 4.78 is 44.5. The molecule has 4 rings (SSSR count). The van der Waals surface area contributed by atoms with Crippen LogP contribution in [-0.2, 0) is 11.0 Å². The molecule has 0 unspecified atom stereocenters. The number of hydrogen-bond donors (Lipinski definition) is 2. The van der Waals surface area contributed by atoms with Gasteiger partial charge in [0.05, 0.1) is 11.1 Å². The zero-order valence-electron chi connectivity index (χ0n) is 19.4. The number of nitrogens with zero attached hydrogens (tertiary/aromatic N) is 3. The topological polar surface area (TPSA) is 93.4 Å². The molecule has 36 heavy (non-hydrogen) atoms. The molecule has 0 amide bonds. The van der Waals surface area contributed by atoms with E-state index in [-0.39, 0.29) is 5.75 Å². The molecule has 1 aromatic heterocycles. The number of aldehydes is 1. The molecule has 3 aromatic rings. The maximum atomic E-state index is 13.0. The maximum absolute atomic E-state index is 13.0. The number of benzene rings is 2. The number of ether oxygens (including phenoxy) is 1. The van der Waals surface area contributed by atoms with Crippen LogP contribution in [0, 0.1) is 5.92 Å². The Balaban J connectivity index is 1.43. The van der Waals surface area contributed by atoms with E-state index in [1.807, 2.05) is 6.20 Å². The number of allylic oxidation sites excluding steroid dienone is 1. The Morgan fingerprint density at radius 1 is 1.08 bits per heavy atom. The fourth-order valence-electron chi connectivity index (χ4n) is 4.08. The van der Waals surface area contributed by atoms with Crippen LogP contribution >= 0.6 is 0 Å². The van der Waals surface area contributed by atoms with Crippen LogP contribution in [-0.4, -0.2) is 40.8 Å². The van der Waals surface area contributed by atoms with Gasteiger partial charge in [-0.05, 0) is 60.7 Å². The monoisotopic (exact) mass is 497 g/mol. The summed E-state index contributed by atoms with van der Waals surface area (Å²) in [6, 6.07) is 11.6. The summed E-state index contributed by atoms with van der Waals surface area (Å²) in [7, 11) is 0. The smallest absolute Gasteiger partial charge is 0.416 e. The van der Waals surface area contributed by atoms with Crippen molar-refractivity contribution in [3.63, 3.8) is 0 Å². The van der Waals surface area contributed by atoms with E-state index in [4.69, 9.17) is 10.5 Å². The molecule has 1 aliphatic rings. The van der Waals surface area contributed by atoms with E-state index in [0.29, 0.717) is 35.4 Å². The highest BCUT2D eigenvalue weighted by Gasteiger charge is 2.30. The summed E-state index contributed by atoms with van der Waals surface area (Å²) >= 11 is 0. The van der Waals surface area contributed by atoms with Crippen LogP contribution < -0.4 is 15.8 Å². The van der Waals surface area contributed by atoms with E-state index in [1.54, 1.807) is 24.3 Å². The number of aromatic nitrogens is 2. The van der Waals surface area contributed by atoms with Crippen LogP contribution in [0.1, 0.15) is 18.4 Å². The third-order valence-corrected chi connectivity index (χ3v) is 6.00. The molecule has 7 nitrogen and oxygen atoms in total. The molecule has 0 radical (unpaired) electrons. The fraction of sp³-hybridized carbons (Fsp3) is 0.269. The minimum atomic E-state index is -4.44. The summed E-state index contributed by atoms with van der Waals surface area (Å²) in [5, 5.41) is 3.39. The summed E-state index contributed by atoms with van der Waals surface area (Å²) in [5.74, 6) is 1.84. The molecule has 0 saturated carbocycles. The van der Waals surface area contributed by atoms with E-state index >= 15 is 0 Å². The maximum Gasteiger partial charge on any atom is 0.416 e. The van der Waals surface area contributed by atoms with Gasteiger partial charge in [0.25, 0.3) is 0 Å². The highest BCUT2D eigenvalue weighted by Crippen LogP contribution is 2.35. The highest BCUT2D eigenvalue weighted by atomic mass is 19.4. The Labute approximate surface area is 206 Å². The number of carbonyl (C=O) groups excluding carboxylic acids is 1. The van der Waals surface area contributed by atoms with Crippen molar-refractivity contribution in [1.82, 2.24) is 14.9 Å². The van der Waals surface area contributed by atoms with Gasteiger partial charge in [-0.1, -0.05) is 18.2 Å². The molecule has 0 bridgehead atoms. The fourth-order valence-corrected chi connectivity index (χ4v) is 4.08. The molecule has 0 aliphatic carbocycles. The van der Waals surface area contributed by atoms with Gasteiger partial charge in [-0.2, -0.15) is 13.2 Å². The Bertz CT molecular complexity index is 1210. The van der Waals surface area contributed by atoms with Crippen molar-refractivity contribution >= 4 is 17.9 Å². The van der Waals surface area contributed by atoms with Crippen LogP contribution in [0.4, 0.5) is 24.8 Å². The molecule has 10 heteroatoms. The molecule has 2 aromatic carbocycles. The molecule has 3 N–H and O–H groups in total. The molecule has 0 atom stereocenters. The molecule has 1 fully saturated rings. The first-order valence-electron chi connectivity index (χ1n) is 11.5. The largest absolute Gasteiger partial charge is 0.457 e. The van der Waals surface area contributed by atoms with Gasteiger partial charge in [0, 0.05) is 25.8 Å². The van der Waals surface area contributed by atoms with Gasteiger partial charge in [0.2, 0.25) is 0 Å². The van der Waals surface area contributed by atoms with Crippen molar-refractivity contribution in [1.29, 1.82) is 0 Å². The van der Waals surface area contributed by atoms with Gasteiger partial charge in [-0.15, -0.1) is 0 Å². The lowest BCUT2D eigenvalue weighted by Gasteiger charge is -2.31. The number of nitrogens with one attached hydrogen (secondary N) is 1. The van der Waals surface area contributed by atoms with Crippen molar-refractivity contribution in [3.8, 4) is 22.6 Å². The van der Waals surface area contributed by atoms with Gasteiger partial charge >= 0.3 is 6.18 Å². The lowest BCUT2D eigenvalue weighted by molar-refractivity contribution is -0.137. The minimum absolute atomic E-state index is 0.0928. The van der Waals surface area contributed by atoms with Crippen molar-refractivity contribution in [3.05, 3.63) is 72.7 Å². The second-order valence-corrected chi connectivity index (χ2v) is 8.47. The second kappa shape index (κ2) is 11.1. The van der Waals surface area contributed by atoms with E-state index in [0.717, 1.165) is 49.9 Å². The summed E-state index contributed by atoms with van der Waals surface area (Å²) in [6.45, 7) is 2.47. The number of rotatable bonds is 8. The Hall–Kier alpha value is -4.08. The molecule has 2 heterocycles. The summed E-state index contributed by atoms with van der Waals surface area (Å²) in [6.07, 6.45) is 3.02. The summed E-state index contributed by atoms with van der Waals surface area (Å²) in [5.41, 5.74) is 6.80. The van der Waals surface area contributed by atoms with Gasteiger partial charge in [-0.3, -0.25) is 4.79 Å². The Morgan fingerprint density at radius 3 is 2.53 bits per heavy atom. The molecule has 0 spiro atoms. The number of piperidine rings is 1. The molecular weight excluding hydrogens is 471 g/mol. The van der Waals surface area contributed by atoms with Crippen molar-refractivity contribution in [2.24, 2.45) is 5.92 Å². The lowest BCUT2D eigenvalue weighted by Crippen LogP contribution is -2.32. The predicted molar refractivity (Wildman–Crippen MR) is 131 cm³/mol. The molecule has 1 aliphatic heterocycles. The summed E-state index contributed by atoms with van der Waals surface area (Å²) in [4.78, 5) is 21.1. The zero-order valence-corrected chi connectivity index (χ0v) is 19.4. The van der Waals surface area contributed by atoms with Crippen LogP contribution in [0.2, 0.25) is 0 Å². The number of anilines is 2. The van der Waals surface area contributed by atoms with E-state index in [2.05, 4.69) is 20.2 Å². The standard InChI is InChI=1S/C26H26F3N5O2/c27-26(28,29)20-3-1-4-22(15-20)36-21-7-5-19(6-8-21)23-24(30)32-17-33-25(23)31-16-18-9-12-34(13-10-18)11-2-14-35/h1-8,11,14-15,17-18H,9-10,12-13,16H2,(H3,30,31,32,33). The van der Waals surface area contributed by atoms with Crippen molar-refractivity contribution < 1.29 is 22.7 Å². The first-order chi connectivity index (χ1) is 17.3. The van der Waals surface area contributed by atoms with Crippen LogP contribution in [0.15, 0.2) is 67.1 Å². The average Bonchev–Trinajstić information content (AvgIpc) is 2.87. The number of alkyl halides is 3. The third-order valence-electron chi connectivity index (χ3n) is 6.00. The molecule has 188 valence electrons. The van der Waals surface area contributed by atoms with Gasteiger partial charge in [0.1, 0.15) is 35.7 Å². The molecule has 1 saturated heterocycles. The van der Waals surface area contributed by atoms with Crippen molar-refractivity contribution in [2.45, 2.75) is 19.0 Å². The van der Waals surface area contributed by atoms with E-state index in [1.165, 1.54) is 24.5 Å². The predicted octanol–water partition coefficient (Wildman–Crippen LogP) is 5.37. The van der Waals surface area contributed by atoms with Crippen LogP contribution in [0.3, 0.4) is 0 Å². The normalized spacial score (nSPS) is 14.7. The minimum Gasteiger partial charge on any atom is -0.457 e. The SMILES string of the molecule is Nc1ncnc(NCC2CCN(C=CC=O)CC2)c1-c1ccc(Oc2cccc(C(F)(F)F)c2)cc1. The molecular formula is C26H26F3N5O2. The number of halogens is 3. The Kier molecular flexibility index (Phi) is 7.72. The average molecular weight is 498 g/mol. The van der Waals surface area contributed by atoms with Gasteiger partial charge < -0.3 is 20.7 Å². The van der Waals surface area contributed by atoms with E-state index < -0.39 is 11.7 Å².